The molecule has 1 aromatic carbocycles. The summed E-state index contributed by atoms with van der Waals surface area (Å²) in [6.45, 7) is 0.866. The van der Waals surface area contributed by atoms with Crippen LogP contribution in [0.3, 0.4) is 0 Å². The third-order valence-electron chi connectivity index (χ3n) is 2.76. The molecule has 0 radical (unpaired) electrons. The van der Waals surface area contributed by atoms with E-state index < -0.39 is 17.7 Å². The van der Waals surface area contributed by atoms with Crippen molar-refractivity contribution in [2.45, 2.75) is 25.0 Å². The number of benzene rings is 1. The predicted molar refractivity (Wildman–Crippen MR) is 52.3 cm³/mol. The van der Waals surface area contributed by atoms with Crippen LogP contribution in [0.15, 0.2) is 18.2 Å². The summed E-state index contributed by atoms with van der Waals surface area (Å²) in [5, 5.41) is 13.0. The molecule has 1 aromatic rings. The van der Waals surface area contributed by atoms with Crippen molar-refractivity contribution in [3.63, 3.8) is 0 Å². The quantitative estimate of drug-likeness (QED) is 0.784. The van der Waals surface area contributed by atoms with Gasteiger partial charge in [-0.05, 0) is 37.1 Å². The summed E-state index contributed by atoms with van der Waals surface area (Å²) in [5.41, 5.74) is 0.424. The molecule has 1 aliphatic heterocycles. The summed E-state index contributed by atoms with van der Waals surface area (Å²) in [4.78, 5) is 0. The third kappa shape index (κ3) is 2.16. The van der Waals surface area contributed by atoms with Gasteiger partial charge in [-0.2, -0.15) is 0 Å². The summed E-state index contributed by atoms with van der Waals surface area (Å²) in [5.74, 6) is -1.80. The van der Waals surface area contributed by atoms with Crippen molar-refractivity contribution in [3.8, 4) is 0 Å². The highest BCUT2D eigenvalue weighted by Crippen LogP contribution is 2.23. The van der Waals surface area contributed by atoms with Crippen LogP contribution < -0.4 is 5.32 Å². The summed E-state index contributed by atoms with van der Waals surface area (Å²) < 4.78 is 25.6. The molecule has 1 saturated heterocycles. The Bertz CT molecular complexity index is 350. The van der Waals surface area contributed by atoms with Crippen molar-refractivity contribution >= 4 is 0 Å². The summed E-state index contributed by atoms with van der Waals surface area (Å²) in [6.07, 6.45) is 1.11. The smallest absolute Gasteiger partial charge is 0.159 e. The molecule has 82 valence electrons. The highest BCUT2D eigenvalue weighted by molar-refractivity contribution is 5.21. The fourth-order valence-electron chi connectivity index (χ4n) is 1.91. The Kier molecular flexibility index (Phi) is 2.98. The SMILES string of the molecule is O[C@H](c1ccc(F)c(F)c1)[C@@H]1CCCN1. The van der Waals surface area contributed by atoms with Crippen LogP contribution in [-0.4, -0.2) is 17.7 Å². The first-order valence-electron chi connectivity index (χ1n) is 5.05. The molecular weight excluding hydrogens is 200 g/mol. The van der Waals surface area contributed by atoms with Crippen molar-refractivity contribution in [2.75, 3.05) is 6.54 Å². The monoisotopic (exact) mass is 213 g/mol. The van der Waals surface area contributed by atoms with Crippen LogP contribution in [0.2, 0.25) is 0 Å². The predicted octanol–water partition coefficient (Wildman–Crippen LogP) is 1.75. The first-order chi connectivity index (χ1) is 7.18. The Hall–Kier alpha value is -1.00. The molecule has 2 rings (SSSR count). The number of hydrogen-bond donors (Lipinski definition) is 2. The van der Waals surface area contributed by atoms with E-state index in [1.807, 2.05) is 0 Å². The lowest BCUT2D eigenvalue weighted by molar-refractivity contribution is 0.137. The minimum absolute atomic E-state index is 0.0464. The average molecular weight is 213 g/mol. The van der Waals surface area contributed by atoms with E-state index in [1.54, 1.807) is 0 Å². The van der Waals surface area contributed by atoms with Gasteiger partial charge in [0.05, 0.1) is 6.10 Å². The summed E-state index contributed by atoms with van der Waals surface area (Å²) >= 11 is 0. The van der Waals surface area contributed by atoms with Crippen molar-refractivity contribution in [3.05, 3.63) is 35.4 Å². The fraction of sp³-hybridized carbons (Fsp3) is 0.455. The van der Waals surface area contributed by atoms with Gasteiger partial charge in [-0.1, -0.05) is 6.07 Å². The highest BCUT2D eigenvalue weighted by Gasteiger charge is 2.24. The van der Waals surface area contributed by atoms with Crippen molar-refractivity contribution in [1.29, 1.82) is 0 Å². The average Bonchev–Trinajstić information content (AvgIpc) is 2.74. The first-order valence-corrected chi connectivity index (χ1v) is 5.05. The largest absolute Gasteiger partial charge is 0.387 e. The molecule has 0 unspecified atom stereocenters. The van der Waals surface area contributed by atoms with E-state index >= 15 is 0 Å². The van der Waals surface area contributed by atoms with Gasteiger partial charge in [0.2, 0.25) is 0 Å². The molecule has 0 spiro atoms. The highest BCUT2D eigenvalue weighted by atomic mass is 19.2. The van der Waals surface area contributed by atoms with Gasteiger partial charge in [0.1, 0.15) is 0 Å². The lowest BCUT2D eigenvalue weighted by Crippen LogP contribution is -2.28. The minimum Gasteiger partial charge on any atom is -0.387 e. The van der Waals surface area contributed by atoms with E-state index in [0.717, 1.165) is 31.5 Å². The number of aliphatic hydroxyl groups is 1. The van der Waals surface area contributed by atoms with E-state index in [9.17, 15) is 13.9 Å². The van der Waals surface area contributed by atoms with Gasteiger partial charge in [-0.15, -0.1) is 0 Å². The zero-order valence-electron chi connectivity index (χ0n) is 8.21. The molecule has 2 atom stereocenters. The first kappa shape index (κ1) is 10.5. The molecular formula is C11H13F2NO. The normalized spacial score (nSPS) is 23.0. The van der Waals surface area contributed by atoms with E-state index in [4.69, 9.17) is 0 Å². The van der Waals surface area contributed by atoms with Gasteiger partial charge < -0.3 is 10.4 Å². The Morgan fingerprint density at radius 3 is 2.73 bits per heavy atom. The maximum absolute atomic E-state index is 12.9. The molecule has 4 heteroatoms. The molecule has 0 aliphatic carbocycles. The maximum Gasteiger partial charge on any atom is 0.159 e. The Balaban J connectivity index is 2.17. The summed E-state index contributed by atoms with van der Waals surface area (Å²) in [7, 11) is 0. The molecule has 0 bridgehead atoms. The van der Waals surface area contributed by atoms with Crippen LogP contribution in [0, 0.1) is 11.6 Å². The van der Waals surface area contributed by atoms with Gasteiger partial charge in [0.25, 0.3) is 0 Å². The van der Waals surface area contributed by atoms with Crippen LogP contribution >= 0.6 is 0 Å². The van der Waals surface area contributed by atoms with Crippen LogP contribution in [0.25, 0.3) is 0 Å². The lowest BCUT2D eigenvalue weighted by Gasteiger charge is -2.18. The van der Waals surface area contributed by atoms with Crippen LogP contribution in [0.4, 0.5) is 8.78 Å². The molecule has 2 nitrogen and oxygen atoms in total. The molecule has 0 saturated carbocycles. The van der Waals surface area contributed by atoms with Crippen molar-refractivity contribution in [2.24, 2.45) is 0 Å². The van der Waals surface area contributed by atoms with Gasteiger partial charge in [0.15, 0.2) is 11.6 Å². The number of rotatable bonds is 2. The van der Waals surface area contributed by atoms with Crippen LogP contribution in [-0.2, 0) is 0 Å². The lowest BCUT2D eigenvalue weighted by atomic mass is 10.0. The van der Waals surface area contributed by atoms with Crippen LogP contribution in [0.1, 0.15) is 24.5 Å². The Morgan fingerprint density at radius 1 is 1.33 bits per heavy atom. The second-order valence-corrected chi connectivity index (χ2v) is 3.82. The van der Waals surface area contributed by atoms with Gasteiger partial charge in [-0.3, -0.25) is 0 Å². The van der Waals surface area contributed by atoms with Crippen molar-refractivity contribution < 1.29 is 13.9 Å². The standard InChI is InChI=1S/C11H13F2NO/c12-8-4-3-7(6-9(8)13)11(15)10-2-1-5-14-10/h3-4,6,10-11,14-15H,1-2,5H2/t10-,11+/m0/s1. The summed E-state index contributed by atoms with van der Waals surface area (Å²) in [6, 6.07) is 3.47. The number of halogens is 2. The molecule has 0 amide bonds. The molecule has 0 aromatic heterocycles. The third-order valence-corrected chi connectivity index (χ3v) is 2.76. The number of aliphatic hydroxyl groups excluding tert-OH is 1. The van der Waals surface area contributed by atoms with Gasteiger partial charge in [0, 0.05) is 6.04 Å². The molecule has 15 heavy (non-hydrogen) atoms. The number of nitrogens with one attached hydrogen (secondary N) is 1. The maximum atomic E-state index is 12.9. The molecule has 1 heterocycles. The zero-order chi connectivity index (χ0) is 10.8. The molecule has 2 N–H and O–H groups in total. The second-order valence-electron chi connectivity index (χ2n) is 3.82. The Labute approximate surface area is 86.9 Å². The van der Waals surface area contributed by atoms with E-state index in [-0.39, 0.29) is 6.04 Å². The minimum atomic E-state index is -0.912. The van der Waals surface area contributed by atoms with E-state index in [2.05, 4.69) is 5.32 Å². The topological polar surface area (TPSA) is 32.3 Å². The second kappa shape index (κ2) is 4.24. The van der Waals surface area contributed by atoms with Gasteiger partial charge in [-0.25, -0.2) is 8.78 Å². The van der Waals surface area contributed by atoms with Crippen molar-refractivity contribution in [1.82, 2.24) is 5.32 Å². The molecule has 1 aliphatic rings. The Morgan fingerprint density at radius 2 is 2.13 bits per heavy atom. The zero-order valence-corrected chi connectivity index (χ0v) is 8.21. The molecule has 1 fully saturated rings. The van der Waals surface area contributed by atoms with Crippen LogP contribution in [0.5, 0.6) is 0 Å². The fourth-order valence-corrected chi connectivity index (χ4v) is 1.91. The number of hydrogen-bond acceptors (Lipinski definition) is 2. The van der Waals surface area contributed by atoms with E-state index in [1.165, 1.54) is 6.07 Å². The van der Waals surface area contributed by atoms with Gasteiger partial charge >= 0.3 is 0 Å². The van der Waals surface area contributed by atoms with E-state index in [0.29, 0.717) is 5.56 Å².